The van der Waals surface area contributed by atoms with Crippen molar-refractivity contribution in [3.05, 3.63) is 120 Å². The van der Waals surface area contributed by atoms with Crippen molar-refractivity contribution >= 4 is 27.5 Å². The van der Waals surface area contributed by atoms with Crippen LogP contribution in [-0.4, -0.2) is 57.5 Å². The smallest absolute Gasteiger partial charge is 0.264 e. The second-order valence-corrected chi connectivity index (χ2v) is 13.5. The van der Waals surface area contributed by atoms with Crippen LogP contribution in [0.4, 0.5) is 5.69 Å². The van der Waals surface area contributed by atoms with Crippen molar-refractivity contribution in [2.45, 2.75) is 64.1 Å². The zero-order valence-corrected chi connectivity index (χ0v) is 29.1. The van der Waals surface area contributed by atoms with E-state index < -0.39 is 28.5 Å². The Balaban J connectivity index is 1.82. The molecule has 254 valence electrons. The lowest BCUT2D eigenvalue weighted by atomic mass is 10.0. The largest absolute Gasteiger partial charge is 0.497 e. The third-order valence-electron chi connectivity index (χ3n) is 8.08. The number of hydrogen-bond donors (Lipinski definition) is 1. The van der Waals surface area contributed by atoms with Crippen molar-refractivity contribution in [1.82, 2.24) is 10.2 Å². The number of anilines is 1. The van der Waals surface area contributed by atoms with E-state index >= 15 is 0 Å². The van der Waals surface area contributed by atoms with E-state index in [1.165, 1.54) is 17.0 Å². The number of amides is 2. The summed E-state index contributed by atoms with van der Waals surface area (Å²) in [4.78, 5) is 30.2. The fourth-order valence-corrected chi connectivity index (χ4v) is 6.62. The molecule has 0 aromatic heterocycles. The van der Waals surface area contributed by atoms with Gasteiger partial charge in [-0.15, -0.1) is 0 Å². The lowest BCUT2D eigenvalue weighted by molar-refractivity contribution is -0.140. The van der Waals surface area contributed by atoms with Crippen LogP contribution in [0.25, 0.3) is 0 Å². The zero-order chi connectivity index (χ0) is 34.7. The molecule has 0 radical (unpaired) electrons. The number of hydrogen-bond acceptors (Lipinski definition) is 6. The summed E-state index contributed by atoms with van der Waals surface area (Å²) in [6, 6.07) is 28.8. The summed E-state index contributed by atoms with van der Waals surface area (Å²) in [7, 11) is -2.65. The number of benzene rings is 4. The Hall–Kier alpha value is -4.83. The van der Waals surface area contributed by atoms with Gasteiger partial charge in [-0.2, -0.15) is 0 Å². The van der Waals surface area contributed by atoms with Gasteiger partial charge in [0.1, 0.15) is 24.1 Å². The van der Waals surface area contributed by atoms with Crippen LogP contribution < -0.4 is 19.1 Å². The maximum atomic E-state index is 14.7. The highest BCUT2D eigenvalue weighted by atomic mass is 32.2. The van der Waals surface area contributed by atoms with Crippen molar-refractivity contribution in [3.8, 4) is 11.5 Å². The molecule has 0 aliphatic carbocycles. The summed E-state index contributed by atoms with van der Waals surface area (Å²) < 4.78 is 40.6. The van der Waals surface area contributed by atoms with Gasteiger partial charge in [0.15, 0.2) is 0 Å². The van der Waals surface area contributed by atoms with Crippen LogP contribution in [0.3, 0.4) is 0 Å². The molecule has 4 aromatic carbocycles. The van der Waals surface area contributed by atoms with Crippen LogP contribution in [0, 0.1) is 6.92 Å². The van der Waals surface area contributed by atoms with Crippen LogP contribution in [-0.2, 0) is 32.6 Å². The molecule has 0 heterocycles. The van der Waals surface area contributed by atoms with Gasteiger partial charge in [-0.3, -0.25) is 13.9 Å². The van der Waals surface area contributed by atoms with E-state index in [1.54, 1.807) is 55.6 Å². The zero-order valence-electron chi connectivity index (χ0n) is 28.3. The van der Waals surface area contributed by atoms with E-state index in [4.69, 9.17) is 9.47 Å². The van der Waals surface area contributed by atoms with Crippen LogP contribution in [0.5, 0.6) is 11.5 Å². The molecule has 0 unspecified atom stereocenters. The first-order valence-electron chi connectivity index (χ1n) is 16.1. The molecule has 0 aliphatic rings. The standard InChI is InChI=1S/C38H45N3O6S/c1-6-29(4)39-38(43)36(25-30-12-9-8-10-13-30)40(26-31-14-11-15-34(24-31)46-5)37(42)27-41(32-18-20-33(21-19-32)47-7-2)48(44,45)35-22-16-28(3)17-23-35/h8-24,29,36H,6-7,25-27H2,1-5H3,(H,39,43)/t29-,36+/m1/s1. The van der Waals surface area contributed by atoms with Crippen LogP contribution in [0.1, 0.15) is 43.9 Å². The molecule has 0 saturated carbocycles. The molecule has 2 amide bonds. The highest BCUT2D eigenvalue weighted by molar-refractivity contribution is 7.92. The van der Waals surface area contributed by atoms with Gasteiger partial charge in [0.05, 0.1) is 24.3 Å². The normalized spacial score (nSPS) is 12.4. The Morgan fingerprint density at radius 2 is 1.50 bits per heavy atom. The topological polar surface area (TPSA) is 105 Å². The Kier molecular flexibility index (Phi) is 12.6. The maximum absolute atomic E-state index is 14.7. The van der Waals surface area contributed by atoms with E-state index in [0.717, 1.165) is 21.0 Å². The monoisotopic (exact) mass is 671 g/mol. The van der Waals surface area contributed by atoms with E-state index in [9.17, 15) is 18.0 Å². The molecule has 4 aromatic rings. The van der Waals surface area contributed by atoms with Gasteiger partial charge >= 0.3 is 0 Å². The molecule has 0 saturated heterocycles. The van der Waals surface area contributed by atoms with E-state index in [2.05, 4.69) is 5.32 Å². The van der Waals surface area contributed by atoms with Gasteiger partial charge in [0.25, 0.3) is 10.0 Å². The number of carbonyl (C=O) groups excluding carboxylic acids is 2. The Morgan fingerprint density at radius 1 is 0.833 bits per heavy atom. The van der Waals surface area contributed by atoms with Gasteiger partial charge in [0.2, 0.25) is 11.8 Å². The summed E-state index contributed by atoms with van der Waals surface area (Å²) in [6.07, 6.45) is 0.931. The molecule has 2 atom stereocenters. The van der Waals surface area contributed by atoms with E-state index in [-0.39, 0.29) is 35.5 Å². The number of carbonyl (C=O) groups is 2. The molecule has 0 fully saturated rings. The van der Waals surface area contributed by atoms with Gasteiger partial charge in [-0.25, -0.2) is 8.42 Å². The van der Waals surface area contributed by atoms with E-state index in [1.807, 2.05) is 70.2 Å². The number of aryl methyl sites for hydroxylation is 1. The molecule has 0 aliphatic heterocycles. The summed E-state index contributed by atoms with van der Waals surface area (Å²) >= 11 is 0. The number of ether oxygens (including phenoxy) is 2. The number of nitrogens with zero attached hydrogens (tertiary/aromatic N) is 2. The highest BCUT2D eigenvalue weighted by Gasteiger charge is 2.35. The van der Waals surface area contributed by atoms with Crippen LogP contribution in [0.2, 0.25) is 0 Å². The predicted octanol–water partition coefficient (Wildman–Crippen LogP) is 6.15. The third-order valence-corrected chi connectivity index (χ3v) is 9.87. The van der Waals surface area contributed by atoms with Crippen molar-refractivity contribution in [2.24, 2.45) is 0 Å². The minimum absolute atomic E-state index is 0.0448. The van der Waals surface area contributed by atoms with Crippen molar-refractivity contribution in [3.63, 3.8) is 0 Å². The average Bonchev–Trinajstić information content (AvgIpc) is 3.09. The molecule has 0 bridgehead atoms. The molecule has 9 nitrogen and oxygen atoms in total. The number of rotatable bonds is 16. The first-order chi connectivity index (χ1) is 23.0. The first-order valence-corrected chi connectivity index (χ1v) is 17.6. The third kappa shape index (κ3) is 9.38. The molecule has 1 N–H and O–H groups in total. The van der Waals surface area contributed by atoms with Crippen LogP contribution in [0.15, 0.2) is 108 Å². The highest BCUT2D eigenvalue weighted by Crippen LogP contribution is 2.27. The number of sulfonamides is 1. The number of nitrogens with one attached hydrogen (secondary N) is 1. The van der Waals surface area contributed by atoms with Crippen LogP contribution >= 0.6 is 0 Å². The molecule has 10 heteroatoms. The summed E-state index contributed by atoms with van der Waals surface area (Å²) in [5.74, 6) is 0.312. The molecular weight excluding hydrogens is 627 g/mol. The fourth-order valence-electron chi connectivity index (χ4n) is 5.20. The lowest BCUT2D eigenvalue weighted by Gasteiger charge is -2.34. The molecule has 48 heavy (non-hydrogen) atoms. The Bertz CT molecular complexity index is 1750. The van der Waals surface area contributed by atoms with Gasteiger partial charge in [0, 0.05) is 19.0 Å². The minimum Gasteiger partial charge on any atom is -0.497 e. The summed E-state index contributed by atoms with van der Waals surface area (Å²) in [5, 5.41) is 3.05. The molecular formula is C38H45N3O6S. The summed E-state index contributed by atoms with van der Waals surface area (Å²) in [6.45, 7) is 7.57. The minimum atomic E-state index is -4.21. The van der Waals surface area contributed by atoms with Crippen molar-refractivity contribution < 1.29 is 27.5 Å². The van der Waals surface area contributed by atoms with Crippen molar-refractivity contribution in [1.29, 1.82) is 0 Å². The second-order valence-electron chi connectivity index (χ2n) is 11.6. The van der Waals surface area contributed by atoms with E-state index in [0.29, 0.717) is 24.5 Å². The average molecular weight is 672 g/mol. The molecule has 0 spiro atoms. The Labute approximate surface area is 284 Å². The fraction of sp³-hybridized carbons (Fsp3) is 0.316. The summed E-state index contributed by atoms with van der Waals surface area (Å²) in [5.41, 5.74) is 2.78. The SMILES string of the molecule is CCOc1ccc(N(CC(=O)N(Cc2cccc(OC)c2)[C@@H](Cc2ccccc2)C(=O)N[C@H](C)CC)S(=O)(=O)c2ccc(C)cc2)cc1. The Morgan fingerprint density at radius 3 is 2.12 bits per heavy atom. The number of methoxy groups -OCH3 is 1. The predicted molar refractivity (Wildman–Crippen MR) is 189 cm³/mol. The first kappa shape index (κ1) is 36.0. The molecule has 4 rings (SSSR count). The maximum Gasteiger partial charge on any atom is 0.264 e. The lowest BCUT2D eigenvalue weighted by Crippen LogP contribution is -2.54. The second kappa shape index (κ2) is 16.8. The van der Waals surface area contributed by atoms with Crippen molar-refractivity contribution in [2.75, 3.05) is 24.6 Å². The quantitative estimate of drug-likeness (QED) is 0.153. The van der Waals surface area contributed by atoms with Gasteiger partial charge in [-0.05, 0) is 86.8 Å². The van der Waals surface area contributed by atoms with Gasteiger partial charge < -0.3 is 19.7 Å². The van der Waals surface area contributed by atoms with Gasteiger partial charge in [-0.1, -0.05) is 67.1 Å².